The molecule has 0 spiro atoms. The Labute approximate surface area is 195 Å². The van der Waals surface area contributed by atoms with E-state index in [2.05, 4.69) is 31.7 Å². The first-order valence-corrected chi connectivity index (χ1v) is 10.9. The number of carbonyl (C=O) groups is 4. The molecule has 4 rings (SSSR count). The summed E-state index contributed by atoms with van der Waals surface area (Å²) in [6.07, 6.45) is 2.35. The van der Waals surface area contributed by atoms with Crippen molar-refractivity contribution in [3.8, 4) is 0 Å². The van der Waals surface area contributed by atoms with E-state index in [4.69, 9.17) is 0 Å². The summed E-state index contributed by atoms with van der Waals surface area (Å²) in [6, 6.07) is 18.6. The Hall–Kier alpha value is -4.34. The maximum Gasteiger partial charge on any atom is 0.253 e. The minimum Gasteiger partial charge on any atom is -0.355 e. The summed E-state index contributed by atoms with van der Waals surface area (Å²) in [4.78, 5) is 49.4. The lowest BCUT2D eigenvalue weighted by molar-refractivity contribution is -0.135. The van der Waals surface area contributed by atoms with Gasteiger partial charge in [-0.2, -0.15) is 10.2 Å². The number of hydrogen-bond donors (Lipinski definition) is 4. The van der Waals surface area contributed by atoms with Gasteiger partial charge >= 0.3 is 0 Å². The van der Waals surface area contributed by atoms with E-state index in [0.29, 0.717) is 13.1 Å². The number of hydrazone groups is 2. The van der Waals surface area contributed by atoms with E-state index in [1.807, 2.05) is 60.7 Å². The molecule has 34 heavy (non-hydrogen) atoms. The molecule has 174 valence electrons. The van der Waals surface area contributed by atoms with E-state index in [9.17, 15) is 19.2 Å². The quantitative estimate of drug-likeness (QED) is 0.267. The van der Waals surface area contributed by atoms with Crippen LogP contribution in [0.4, 0.5) is 0 Å². The molecule has 2 aliphatic heterocycles. The van der Waals surface area contributed by atoms with Crippen molar-refractivity contribution in [3.63, 3.8) is 0 Å². The number of rotatable bonds is 7. The average Bonchev–Trinajstić information content (AvgIpc) is 3.44. The van der Waals surface area contributed by atoms with Gasteiger partial charge in [0.2, 0.25) is 11.8 Å². The van der Waals surface area contributed by atoms with Crippen LogP contribution in [0, 0.1) is 11.8 Å². The number of hydrogen-bond acceptors (Lipinski definition) is 6. The smallest absolute Gasteiger partial charge is 0.253 e. The topological polar surface area (TPSA) is 141 Å². The second-order valence-electron chi connectivity index (χ2n) is 7.99. The van der Waals surface area contributed by atoms with Gasteiger partial charge in [0.05, 0.1) is 12.4 Å². The SMILES string of the molecule is O=C1NC[C@H](c2ccccc2)[C@H]1C(=O)N/N=C\C=N/NC(=O)[C@@H]1C(=O)NC[C@@H]1c1ccccc1. The molecule has 0 bridgehead atoms. The molecule has 0 saturated carbocycles. The second kappa shape index (κ2) is 10.5. The van der Waals surface area contributed by atoms with Crippen molar-refractivity contribution in [2.75, 3.05) is 13.1 Å². The van der Waals surface area contributed by atoms with Crippen LogP contribution in [0.1, 0.15) is 23.0 Å². The van der Waals surface area contributed by atoms with Gasteiger partial charge in [-0.15, -0.1) is 0 Å². The Morgan fingerprint density at radius 1 is 0.706 bits per heavy atom. The number of nitrogens with one attached hydrogen (secondary N) is 4. The Morgan fingerprint density at radius 2 is 1.09 bits per heavy atom. The lowest BCUT2D eigenvalue weighted by atomic mass is 9.88. The third-order valence-electron chi connectivity index (χ3n) is 5.95. The van der Waals surface area contributed by atoms with E-state index < -0.39 is 23.7 Å². The van der Waals surface area contributed by atoms with Crippen molar-refractivity contribution >= 4 is 36.1 Å². The molecule has 10 heteroatoms. The molecule has 2 saturated heterocycles. The molecular formula is C24H24N6O4. The molecule has 4 amide bonds. The molecule has 10 nitrogen and oxygen atoms in total. The van der Waals surface area contributed by atoms with Crippen molar-refractivity contribution in [3.05, 3.63) is 71.8 Å². The first-order valence-electron chi connectivity index (χ1n) is 10.9. The van der Waals surface area contributed by atoms with E-state index >= 15 is 0 Å². The van der Waals surface area contributed by atoms with E-state index in [1.165, 1.54) is 12.4 Å². The number of benzene rings is 2. The third-order valence-corrected chi connectivity index (χ3v) is 5.95. The molecule has 4 atom stereocenters. The molecule has 2 aromatic rings. The monoisotopic (exact) mass is 460 g/mol. The van der Waals surface area contributed by atoms with E-state index in [0.717, 1.165) is 11.1 Å². The normalized spacial score (nSPS) is 24.2. The minimum atomic E-state index is -0.896. The number of amides is 4. The van der Waals surface area contributed by atoms with Crippen LogP contribution in [0.5, 0.6) is 0 Å². The number of carbonyl (C=O) groups excluding carboxylic acids is 4. The van der Waals surface area contributed by atoms with Gasteiger partial charge in [0.25, 0.3) is 11.8 Å². The first kappa shape index (κ1) is 22.8. The Morgan fingerprint density at radius 3 is 1.47 bits per heavy atom. The highest BCUT2D eigenvalue weighted by atomic mass is 16.2. The van der Waals surface area contributed by atoms with Crippen molar-refractivity contribution in [2.24, 2.45) is 22.0 Å². The van der Waals surface area contributed by atoms with Crippen molar-refractivity contribution in [1.82, 2.24) is 21.5 Å². The van der Waals surface area contributed by atoms with Crippen LogP contribution < -0.4 is 21.5 Å². The Balaban J connectivity index is 1.29. The summed E-state index contributed by atoms with van der Waals surface area (Å²) < 4.78 is 0. The maximum absolute atomic E-state index is 12.5. The highest BCUT2D eigenvalue weighted by molar-refractivity contribution is 6.16. The van der Waals surface area contributed by atoms with E-state index in [1.54, 1.807) is 0 Å². The second-order valence-corrected chi connectivity index (χ2v) is 7.99. The van der Waals surface area contributed by atoms with Gasteiger partial charge in [-0.25, -0.2) is 10.9 Å². The minimum absolute atomic E-state index is 0.285. The molecule has 0 aliphatic carbocycles. The van der Waals surface area contributed by atoms with Gasteiger partial charge in [0, 0.05) is 24.9 Å². The zero-order chi connectivity index (χ0) is 23.9. The third kappa shape index (κ3) is 5.01. The van der Waals surface area contributed by atoms with Crippen molar-refractivity contribution in [2.45, 2.75) is 11.8 Å². The summed E-state index contributed by atoms with van der Waals surface area (Å²) in [5.41, 5.74) is 6.45. The molecule has 4 N–H and O–H groups in total. The standard InChI is InChI=1S/C24H24N6O4/c31-21-19(17(13-25-21)15-7-3-1-4-8-15)23(33)29-27-11-12-28-30-24(34)20-18(14-26-22(20)32)16-9-5-2-6-10-16/h1-12,17-20H,13-14H2,(H,25,31)(H,26,32)(H,29,33)(H,30,34)/b27-11-,28-12-/t17-,18-,19-,20+/m1/s1. The molecule has 2 fully saturated rings. The highest BCUT2D eigenvalue weighted by Crippen LogP contribution is 2.30. The van der Waals surface area contributed by atoms with Crippen LogP contribution in [-0.4, -0.2) is 49.1 Å². The van der Waals surface area contributed by atoms with Crippen LogP contribution in [0.25, 0.3) is 0 Å². The molecule has 0 unspecified atom stereocenters. The van der Waals surface area contributed by atoms with Gasteiger partial charge in [-0.3, -0.25) is 19.2 Å². The summed E-state index contributed by atoms with van der Waals surface area (Å²) in [5.74, 6) is -4.15. The Bertz CT molecular complexity index is 1030. The molecular weight excluding hydrogens is 436 g/mol. The fourth-order valence-electron chi connectivity index (χ4n) is 4.27. The predicted molar refractivity (Wildman–Crippen MR) is 125 cm³/mol. The Kier molecular flexibility index (Phi) is 7.07. The van der Waals surface area contributed by atoms with Gasteiger partial charge in [0.1, 0.15) is 11.8 Å². The molecule has 2 aliphatic rings. The van der Waals surface area contributed by atoms with Gasteiger partial charge in [0.15, 0.2) is 0 Å². The summed E-state index contributed by atoms with van der Waals surface area (Å²) >= 11 is 0. The summed E-state index contributed by atoms with van der Waals surface area (Å²) in [6.45, 7) is 0.744. The molecule has 2 aromatic carbocycles. The first-order chi connectivity index (χ1) is 16.6. The fraction of sp³-hybridized carbons (Fsp3) is 0.250. The van der Waals surface area contributed by atoms with Crippen LogP contribution >= 0.6 is 0 Å². The summed E-state index contributed by atoms with van der Waals surface area (Å²) in [5, 5.41) is 13.0. The molecule has 0 radical (unpaired) electrons. The van der Waals surface area contributed by atoms with E-state index in [-0.39, 0.29) is 23.7 Å². The lowest BCUT2D eigenvalue weighted by Crippen LogP contribution is -2.35. The predicted octanol–water partition coefficient (Wildman–Crippen LogP) is 0.250. The van der Waals surface area contributed by atoms with Gasteiger partial charge in [-0.1, -0.05) is 60.7 Å². The van der Waals surface area contributed by atoms with Crippen LogP contribution in [0.2, 0.25) is 0 Å². The van der Waals surface area contributed by atoms with Crippen LogP contribution in [-0.2, 0) is 19.2 Å². The molecule has 2 heterocycles. The largest absolute Gasteiger partial charge is 0.355 e. The lowest BCUT2D eigenvalue weighted by Gasteiger charge is -2.15. The maximum atomic E-state index is 12.5. The van der Waals surface area contributed by atoms with Gasteiger partial charge < -0.3 is 10.6 Å². The van der Waals surface area contributed by atoms with Crippen molar-refractivity contribution < 1.29 is 19.2 Å². The fourth-order valence-corrected chi connectivity index (χ4v) is 4.27. The van der Waals surface area contributed by atoms with Crippen LogP contribution in [0.15, 0.2) is 70.9 Å². The van der Waals surface area contributed by atoms with Gasteiger partial charge in [-0.05, 0) is 11.1 Å². The zero-order valence-electron chi connectivity index (χ0n) is 18.2. The van der Waals surface area contributed by atoms with Crippen molar-refractivity contribution in [1.29, 1.82) is 0 Å². The van der Waals surface area contributed by atoms with Crippen LogP contribution in [0.3, 0.4) is 0 Å². The number of nitrogens with zero attached hydrogens (tertiary/aromatic N) is 2. The molecule has 0 aromatic heterocycles. The zero-order valence-corrected chi connectivity index (χ0v) is 18.2. The highest BCUT2D eigenvalue weighted by Gasteiger charge is 2.41. The average molecular weight is 460 g/mol. The summed E-state index contributed by atoms with van der Waals surface area (Å²) in [7, 11) is 0.